The molecule has 0 aromatic heterocycles. The van der Waals surface area contributed by atoms with Gasteiger partial charge in [0.15, 0.2) is 0 Å². The highest BCUT2D eigenvalue weighted by molar-refractivity contribution is 6.33. The molecule has 1 saturated heterocycles. The van der Waals surface area contributed by atoms with E-state index < -0.39 is 0 Å². The van der Waals surface area contributed by atoms with Crippen LogP contribution in [-0.4, -0.2) is 31.1 Å². The van der Waals surface area contributed by atoms with Crippen LogP contribution in [0.4, 0.5) is 5.69 Å². The first-order valence-corrected chi connectivity index (χ1v) is 6.84. The van der Waals surface area contributed by atoms with E-state index in [1.807, 2.05) is 24.3 Å². The number of anilines is 1. The molecular weight excluding hydrogens is 232 g/mol. The van der Waals surface area contributed by atoms with Gasteiger partial charge in [-0.05, 0) is 45.0 Å². The summed E-state index contributed by atoms with van der Waals surface area (Å²) in [6, 6.07) is 8.67. The minimum absolute atomic E-state index is 0.735. The van der Waals surface area contributed by atoms with E-state index in [9.17, 15) is 0 Å². The average molecular weight is 253 g/mol. The van der Waals surface area contributed by atoms with Crippen molar-refractivity contribution in [2.24, 2.45) is 0 Å². The molecular formula is C14H21ClN2. The van der Waals surface area contributed by atoms with E-state index in [-0.39, 0.29) is 0 Å². The van der Waals surface area contributed by atoms with E-state index in [0.717, 1.165) is 23.3 Å². The maximum absolute atomic E-state index is 6.10. The van der Waals surface area contributed by atoms with Crippen LogP contribution in [0.2, 0.25) is 5.02 Å². The molecule has 1 unspecified atom stereocenters. The number of nitrogens with zero attached hydrogens (tertiary/aromatic N) is 1. The first kappa shape index (κ1) is 12.7. The summed E-state index contributed by atoms with van der Waals surface area (Å²) in [7, 11) is 2.24. The third-order valence-corrected chi connectivity index (χ3v) is 3.92. The zero-order valence-electron chi connectivity index (χ0n) is 10.5. The van der Waals surface area contributed by atoms with Crippen molar-refractivity contribution in [1.29, 1.82) is 0 Å². The van der Waals surface area contributed by atoms with E-state index in [2.05, 4.69) is 17.3 Å². The van der Waals surface area contributed by atoms with Crippen molar-refractivity contribution in [3.8, 4) is 0 Å². The van der Waals surface area contributed by atoms with Gasteiger partial charge in [-0.1, -0.05) is 30.2 Å². The number of para-hydroxylation sites is 1. The number of benzene rings is 1. The van der Waals surface area contributed by atoms with Crippen LogP contribution in [-0.2, 0) is 0 Å². The van der Waals surface area contributed by atoms with Gasteiger partial charge in [-0.2, -0.15) is 0 Å². The predicted molar refractivity (Wildman–Crippen MR) is 74.8 cm³/mol. The van der Waals surface area contributed by atoms with Crippen LogP contribution in [0.5, 0.6) is 0 Å². The van der Waals surface area contributed by atoms with Gasteiger partial charge in [0, 0.05) is 12.6 Å². The molecule has 17 heavy (non-hydrogen) atoms. The Hall–Kier alpha value is -0.730. The van der Waals surface area contributed by atoms with Gasteiger partial charge in [0.05, 0.1) is 10.7 Å². The Kier molecular flexibility index (Phi) is 4.69. The second kappa shape index (κ2) is 6.27. The lowest BCUT2D eigenvalue weighted by atomic mass is 10.0. The summed E-state index contributed by atoms with van der Waals surface area (Å²) in [4.78, 5) is 2.48. The molecule has 3 heteroatoms. The van der Waals surface area contributed by atoms with Gasteiger partial charge in [0.2, 0.25) is 0 Å². The number of hydrogen-bond donors (Lipinski definition) is 1. The molecule has 1 aromatic rings. The number of rotatable bonds is 4. The molecule has 0 amide bonds. The van der Waals surface area contributed by atoms with Crippen LogP contribution >= 0.6 is 11.6 Å². The Morgan fingerprint density at radius 3 is 2.94 bits per heavy atom. The van der Waals surface area contributed by atoms with Crippen LogP contribution in [0, 0.1) is 0 Å². The van der Waals surface area contributed by atoms with Crippen LogP contribution in [0.25, 0.3) is 0 Å². The highest BCUT2D eigenvalue weighted by Gasteiger charge is 2.17. The Labute approximate surface area is 109 Å². The molecule has 2 rings (SSSR count). The Bertz CT molecular complexity index is 354. The van der Waals surface area contributed by atoms with Crippen molar-refractivity contribution < 1.29 is 0 Å². The fraction of sp³-hybridized carbons (Fsp3) is 0.571. The Morgan fingerprint density at radius 2 is 2.18 bits per heavy atom. The molecule has 0 bridgehead atoms. The fourth-order valence-corrected chi connectivity index (χ4v) is 2.69. The van der Waals surface area contributed by atoms with E-state index in [1.54, 1.807) is 0 Å². The monoisotopic (exact) mass is 252 g/mol. The minimum Gasteiger partial charge on any atom is -0.384 e. The second-order valence-electron chi connectivity index (χ2n) is 4.83. The number of likely N-dealkylation sites (tertiary alicyclic amines) is 1. The zero-order chi connectivity index (χ0) is 12.1. The van der Waals surface area contributed by atoms with Gasteiger partial charge in [0.25, 0.3) is 0 Å². The number of piperidine rings is 1. The van der Waals surface area contributed by atoms with E-state index >= 15 is 0 Å². The third kappa shape index (κ3) is 3.62. The molecule has 2 nitrogen and oxygen atoms in total. The zero-order valence-corrected chi connectivity index (χ0v) is 11.2. The maximum atomic E-state index is 6.10. The number of halogens is 1. The molecule has 0 radical (unpaired) electrons. The van der Waals surface area contributed by atoms with Crippen molar-refractivity contribution in [3.05, 3.63) is 29.3 Å². The molecule has 0 spiro atoms. The largest absolute Gasteiger partial charge is 0.384 e. The normalized spacial score (nSPS) is 21.4. The summed E-state index contributed by atoms with van der Waals surface area (Å²) < 4.78 is 0. The maximum Gasteiger partial charge on any atom is 0.0637 e. The van der Waals surface area contributed by atoms with Crippen LogP contribution in [0.3, 0.4) is 0 Å². The lowest BCUT2D eigenvalue weighted by Crippen LogP contribution is -2.37. The minimum atomic E-state index is 0.735. The van der Waals surface area contributed by atoms with Gasteiger partial charge in [0.1, 0.15) is 0 Å². The molecule has 1 fully saturated rings. The molecule has 0 aliphatic carbocycles. The van der Waals surface area contributed by atoms with Gasteiger partial charge in [-0.3, -0.25) is 0 Å². The summed E-state index contributed by atoms with van der Waals surface area (Å²) in [5.41, 5.74) is 1.05. The fourth-order valence-electron chi connectivity index (χ4n) is 2.49. The van der Waals surface area contributed by atoms with E-state index in [0.29, 0.717) is 0 Å². The molecule has 1 aliphatic heterocycles. The van der Waals surface area contributed by atoms with Crippen molar-refractivity contribution in [2.75, 3.05) is 25.5 Å². The quantitative estimate of drug-likeness (QED) is 0.881. The Morgan fingerprint density at radius 1 is 1.35 bits per heavy atom. The van der Waals surface area contributed by atoms with Crippen molar-refractivity contribution in [3.63, 3.8) is 0 Å². The molecule has 1 aromatic carbocycles. The van der Waals surface area contributed by atoms with Crippen molar-refractivity contribution >= 4 is 17.3 Å². The van der Waals surface area contributed by atoms with E-state index in [1.165, 1.54) is 32.2 Å². The second-order valence-corrected chi connectivity index (χ2v) is 5.23. The first-order chi connectivity index (χ1) is 8.27. The van der Waals surface area contributed by atoms with Crippen molar-refractivity contribution in [1.82, 2.24) is 4.90 Å². The standard InChI is InChI=1S/C14H21ClN2/c1-17-11-5-4-6-12(17)9-10-16-14-8-3-2-7-13(14)15/h2-3,7-8,12,16H,4-6,9-11H2,1H3. The van der Waals surface area contributed by atoms with E-state index in [4.69, 9.17) is 11.6 Å². The summed E-state index contributed by atoms with van der Waals surface area (Å²) in [6.45, 7) is 2.25. The molecule has 1 N–H and O–H groups in total. The smallest absolute Gasteiger partial charge is 0.0637 e. The first-order valence-electron chi connectivity index (χ1n) is 6.46. The summed E-state index contributed by atoms with van der Waals surface area (Å²) in [5, 5.41) is 4.23. The summed E-state index contributed by atoms with van der Waals surface area (Å²) in [5.74, 6) is 0. The molecule has 1 aliphatic rings. The highest BCUT2D eigenvalue weighted by atomic mass is 35.5. The summed E-state index contributed by atoms with van der Waals surface area (Å²) >= 11 is 6.10. The number of hydrogen-bond acceptors (Lipinski definition) is 2. The molecule has 0 saturated carbocycles. The molecule has 1 atom stereocenters. The van der Waals surface area contributed by atoms with Gasteiger partial charge >= 0.3 is 0 Å². The van der Waals surface area contributed by atoms with Crippen LogP contribution in [0.1, 0.15) is 25.7 Å². The lowest BCUT2D eigenvalue weighted by molar-refractivity contribution is 0.179. The van der Waals surface area contributed by atoms with Crippen LogP contribution < -0.4 is 5.32 Å². The average Bonchev–Trinajstić information content (AvgIpc) is 2.34. The molecule has 1 heterocycles. The molecule has 94 valence electrons. The Balaban J connectivity index is 1.77. The number of nitrogens with one attached hydrogen (secondary N) is 1. The van der Waals surface area contributed by atoms with Crippen LogP contribution in [0.15, 0.2) is 24.3 Å². The summed E-state index contributed by atoms with van der Waals surface area (Å²) in [6.07, 6.45) is 5.26. The van der Waals surface area contributed by atoms with Crippen molar-refractivity contribution in [2.45, 2.75) is 31.7 Å². The van der Waals surface area contributed by atoms with Gasteiger partial charge in [-0.15, -0.1) is 0 Å². The lowest BCUT2D eigenvalue weighted by Gasteiger charge is -2.32. The highest BCUT2D eigenvalue weighted by Crippen LogP contribution is 2.22. The van der Waals surface area contributed by atoms with Gasteiger partial charge in [-0.25, -0.2) is 0 Å². The van der Waals surface area contributed by atoms with Gasteiger partial charge < -0.3 is 10.2 Å². The third-order valence-electron chi connectivity index (χ3n) is 3.59. The SMILES string of the molecule is CN1CCCCC1CCNc1ccccc1Cl. The topological polar surface area (TPSA) is 15.3 Å². The predicted octanol–water partition coefficient (Wildman–Crippen LogP) is 3.63.